The lowest BCUT2D eigenvalue weighted by molar-refractivity contribution is -0.385. The number of nitro benzene ring substituents is 1. The summed E-state index contributed by atoms with van der Waals surface area (Å²) in [5.74, 6) is -5.07. The van der Waals surface area contributed by atoms with Crippen LogP contribution in [-0.2, 0) is 14.4 Å². The zero-order valence-corrected chi connectivity index (χ0v) is 14.7. The Bertz CT molecular complexity index is 761. The molecule has 9 heteroatoms. The second kappa shape index (κ2) is 7.20. The number of carbonyl (C=O) groups is 3. The fraction of sp³-hybridized carbons (Fsp3) is 0.471. The van der Waals surface area contributed by atoms with Crippen molar-refractivity contribution in [1.82, 2.24) is 10.6 Å². The number of hydrogen-bond donors (Lipinski definition) is 3. The summed E-state index contributed by atoms with van der Waals surface area (Å²) in [6.07, 6.45) is -0.366. The van der Waals surface area contributed by atoms with Gasteiger partial charge in [-0.2, -0.15) is 0 Å². The maximum atomic E-state index is 12.6. The number of rotatable bonds is 4. The molecule has 9 nitrogen and oxygen atoms in total. The molecule has 1 aliphatic rings. The van der Waals surface area contributed by atoms with E-state index in [4.69, 9.17) is 0 Å². The molecule has 0 heterocycles. The lowest BCUT2D eigenvalue weighted by Crippen LogP contribution is -2.57. The van der Waals surface area contributed by atoms with Crippen molar-refractivity contribution >= 4 is 23.3 Å². The van der Waals surface area contributed by atoms with E-state index >= 15 is 0 Å². The minimum Gasteiger partial charge on any atom is -0.389 e. The smallest absolute Gasteiger partial charge is 0.269 e. The average molecular weight is 363 g/mol. The summed E-state index contributed by atoms with van der Waals surface area (Å²) in [6, 6.07) is 5.43. The zero-order valence-electron chi connectivity index (χ0n) is 14.7. The second-order valence-electron chi connectivity index (χ2n) is 6.56. The fourth-order valence-electron chi connectivity index (χ4n) is 3.65. The van der Waals surface area contributed by atoms with Crippen LogP contribution in [0.1, 0.15) is 24.8 Å². The van der Waals surface area contributed by atoms with Crippen LogP contribution in [0.3, 0.4) is 0 Å². The molecular weight excluding hydrogens is 342 g/mol. The first-order valence-electron chi connectivity index (χ1n) is 8.06. The summed E-state index contributed by atoms with van der Waals surface area (Å²) in [7, 11) is 2.75. The maximum Gasteiger partial charge on any atom is 0.269 e. The van der Waals surface area contributed by atoms with Crippen molar-refractivity contribution in [3.63, 3.8) is 0 Å². The second-order valence-corrected chi connectivity index (χ2v) is 6.56. The van der Waals surface area contributed by atoms with Gasteiger partial charge in [-0.3, -0.25) is 24.5 Å². The van der Waals surface area contributed by atoms with Gasteiger partial charge in [-0.1, -0.05) is 12.1 Å². The number of amides is 2. The van der Waals surface area contributed by atoms with Crippen molar-refractivity contribution in [3.05, 3.63) is 39.9 Å². The molecule has 1 aromatic rings. The Labute approximate surface area is 149 Å². The van der Waals surface area contributed by atoms with E-state index in [1.165, 1.54) is 45.3 Å². The van der Waals surface area contributed by atoms with E-state index in [0.29, 0.717) is 0 Å². The maximum absolute atomic E-state index is 12.6. The number of benzene rings is 1. The van der Waals surface area contributed by atoms with Gasteiger partial charge in [0, 0.05) is 38.6 Å². The minimum atomic E-state index is -1.70. The van der Waals surface area contributed by atoms with Gasteiger partial charge in [-0.05, 0) is 12.5 Å². The highest BCUT2D eigenvalue weighted by Gasteiger charge is 2.55. The molecule has 0 bridgehead atoms. The normalized spacial score (nSPS) is 28.3. The van der Waals surface area contributed by atoms with E-state index in [9.17, 15) is 29.6 Å². The van der Waals surface area contributed by atoms with E-state index in [0.717, 1.165) is 0 Å². The first-order valence-corrected chi connectivity index (χ1v) is 8.06. The molecule has 0 aromatic heterocycles. The molecule has 0 spiro atoms. The van der Waals surface area contributed by atoms with Crippen molar-refractivity contribution in [1.29, 1.82) is 0 Å². The highest BCUT2D eigenvalue weighted by Crippen LogP contribution is 2.46. The monoisotopic (exact) mass is 363 g/mol. The molecule has 0 unspecified atom stereocenters. The molecule has 1 fully saturated rings. The molecular formula is C17H21N3O6. The Kier molecular flexibility index (Phi) is 5.41. The Morgan fingerprint density at radius 2 is 1.88 bits per heavy atom. The SMILES string of the molecule is CNC(=O)[C@@H]1C(=O)C[C@](C)(O)[C@H](C(=O)NC)[C@H]1c1cccc([N+](=O)[O-])c1. The molecule has 1 saturated carbocycles. The number of nitro groups is 1. The number of aliphatic hydroxyl groups is 1. The highest BCUT2D eigenvalue weighted by atomic mass is 16.6. The third-order valence-corrected chi connectivity index (χ3v) is 4.79. The fourth-order valence-corrected chi connectivity index (χ4v) is 3.65. The largest absolute Gasteiger partial charge is 0.389 e. The summed E-state index contributed by atoms with van der Waals surface area (Å²) >= 11 is 0. The van der Waals surface area contributed by atoms with Gasteiger partial charge in [-0.15, -0.1) is 0 Å². The van der Waals surface area contributed by atoms with E-state index in [-0.39, 0.29) is 17.7 Å². The number of Topliss-reactive ketones (excluding diaryl/α,β-unsaturated/α-hetero) is 1. The van der Waals surface area contributed by atoms with E-state index in [1.54, 1.807) is 0 Å². The molecule has 0 radical (unpaired) electrons. The predicted octanol–water partition coefficient (Wildman–Crippen LogP) is 0.127. The summed E-state index contributed by atoms with van der Waals surface area (Å²) in [4.78, 5) is 48.0. The molecule has 1 aromatic carbocycles. The highest BCUT2D eigenvalue weighted by molar-refractivity contribution is 6.05. The standard InChI is InChI=1S/C17H21N3O6/c1-17(24)8-11(21)13(15(22)18-2)12(14(17)16(23)19-3)9-5-4-6-10(7-9)20(25)26/h4-7,12-14,24H,8H2,1-3H3,(H,18,22)(H,19,23)/t12-,13+,14-,17-/m0/s1. The van der Waals surface area contributed by atoms with E-state index < -0.39 is 45.9 Å². The van der Waals surface area contributed by atoms with Gasteiger partial charge in [0.15, 0.2) is 0 Å². The first-order chi connectivity index (χ1) is 12.1. The summed E-state index contributed by atoms with van der Waals surface area (Å²) in [5, 5.41) is 26.7. The Morgan fingerprint density at radius 3 is 2.42 bits per heavy atom. The number of carbonyl (C=O) groups excluding carboxylic acids is 3. The summed E-state index contributed by atoms with van der Waals surface area (Å²) in [6.45, 7) is 1.36. The molecule has 3 N–H and O–H groups in total. The van der Waals surface area contributed by atoms with Crippen LogP contribution < -0.4 is 10.6 Å². The molecule has 4 atom stereocenters. The van der Waals surface area contributed by atoms with Gasteiger partial charge in [0.05, 0.1) is 16.4 Å². The number of nitrogens with one attached hydrogen (secondary N) is 2. The lowest BCUT2D eigenvalue weighted by Gasteiger charge is -2.44. The van der Waals surface area contributed by atoms with Crippen molar-refractivity contribution < 1.29 is 24.4 Å². The number of nitrogens with zero attached hydrogens (tertiary/aromatic N) is 1. The van der Waals surface area contributed by atoms with Crippen LogP contribution in [-0.4, -0.2) is 47.3 Å². The summed E-state index contributed by atoms with van der Waals surface area (Å²) in [5.41, 5.74) is -1.65. The molecule has 26 heavy (non-hydrogen) atoms. The van der Waals surface area contributed by atoms with Crippen LogP contribution >= 0.6 is 0 Å². The van der Waals surface area contributed by atoms with Crippen LogP contribution in [0.25, 0.3) is 0 Å². The minimum absolute atomic E-state index is 0.230. The van der Waals surface area contributed by atoms with Crippen molar-refractivity contribution in [2.45, 2.75) is 24.9 Å². The average Bonchev–Trinajstić information content (AvgIpc) is 2.59. The number of ketones is 1. The summed E-state index contributed by atoms with van der Waals surface area (Å²) < 4.78 is 0. The van der Waals surface area contributed by atoms with Crippen molar-refractivity contribution in [3.8, 4) is 0 Å². The molecule has 2 rings (SSSR count). The van der Waals surface area contributed by atoms with Gasteiger partial charge in [0.1, 0.15) is 11.7 Å². The third-order valence-electron chi connectivity index (χ3n) is 4.79. The van der Waals surface area contributed by atoms with Crippen LogP contribution in [0.5, 0.6) is 0 Å². The van der Waals surface area contributed by atoms with Gasteiger partial charge < -0.3 is 15.7 Å². The van der Waals surface area contributed by atoms with Crippen LogP contribution in [0.15, 0.2) is 24.3 Å². The molecule has 140 valence electrons. The van der Waals surface area contributed by atoms with Crippen molar-refractivity contribution in [2.24, 2.45) is 11.8 Å². The predicted molar refractivity (Wildman–Crippen MR) is 91.2 cm³/mol. The first kappa shape index (κ1) is 19.5. The third kappa shape index (κ3) is 3.43. The van der Waals surface area contributed by atoms with Gasteiger partial charge in [0.25, 0.3) is 5.69 Å². The van der Waals surface area contributed by atoms with Crippen molar-refractivity contribution in [2.75, 3.05) is 14.1 Å². The number of hydrogen-bond acceptors (Lipinski definition) is 6. The number of non-ortho nitro benzene ring substituents is 1. The zero-order chi connectivity index (χ0) is 19.6. The van der Waals surface area contributed by atoms with Crippen LogP contribution in [0, 0.1) is 22.0 Å². The van der Waals surface area contributed by atoms with Gasteiger partial charge in [-0.25, -0.2) is 0 Å². The topological polar surface area (TPSA) is 139 Å². The van der Waals surface area contributed by atoms with E-state index in [1.807, 2.05) is 0 Å². The Hall–Kier alpha value is -2.81. The van der Waals surface area contributed by atoms with E-state index in [2.05, 4.69) is 10.6 Å². The molecule has 1 aliphatic carbocycles. The van der Waals surface area contributed by atoms with Crippen LogP contribution in [0.2, 0.25) is 0 Å². The lowest BCUT2D eigenvalue weighted by atomic mass is 9.61. The van der Waals surface area contributed by atoms with Gasteiger partial charge in [0.2, 0.25) is 11.8 Å². The van der Waals surface area contributed by atoms with Crippen LogP contribution in [0.4, 0.5) is 5.69 Å². The Balaban J connectivity index is 2.69. The molecule has 2 amide bonds. The quantitative estimate of drug-likeness (QED) is 0.395. The Morgan fingerprint density at radius 1 is 1.27 bits per heavy atom. The molecule has 0 aliphatic heterocycles. The van der Waals surface area contributed by atoms with Gasteiger partial charge >= 0.3 is 0 Å². The molecule has 0 saturated heterocycles.